The number of carbonyl (C=O) groups is 1. The molecule has 92 valence electrons. The summed E-state index contributed by atoms with van der Waals surface area (Å²) in [6.45, 7) is 1.85. The molecule has 2 rings (SSSR count). The van der Waals surface area contributed by atoms with Crippen LogP contribution in [-0.4, -0.2) is 5.78 Å². The Kier molecular flexibility index (Phi) is 3.88. The molecule has 2 aromatic carbocycles. The van der Waals surface area contributed by atoms with E-state index in [1.165, 1.54) is 12.1 Å². The highest BCUT2D eigenvalue weighted by atomic mass is 19.1. The number of hydrogen-bond donors (Lipinski definition) is 0. The van der Waals surface area contributed by atoms with Gasteiger partial charge in [0.25, 0.3) is 0 Å². The van der Waals surface area contributed by atoms with Crippen molar-refractivity contribution in [1.29, 1.82) is 0 Å². The summed E-state index contributed by atoms with van der Waals surface area (Å²) in [5.41, 5.74) is 2.47. The zero-order chi connectivity index (χ0) is 13.0. The summed E-state index contributed by atoms with van der Waals surface area (Å²) in [6.07, 6.45) is 0.985. The molecular weight excluding hydrogens is 227 g/mol. The van der Waals surface area contributed by atoms with Gasteiger partial charge in [-0.1, -0.05) is 36.4 Å². The maximum absolute atomic E-state index is 13.2. The minimum absolute atomic E-state index is 0.0949. The summed E-state index contributed by atoms with van der Waals surface area (Å²) in [5, 5.41) is 0. The summed E-state index contributed by atoms with van der Waals surface area (Å²) in [5.74, 6) is -0.144. The van der Waals surface area contributed by atoms with Gasteiger partial charge in [-0.3, -0.25) is 4.79 Å². The molecule has 0 N–H and O–H groups in total. The van der Waals surface area contributed by atoms with Gasteiger partial charge in [0, 0.05) is 12.0 Å². The first kappa shape index (κ1) is 12.5. The van der Waals surface area contributed by atoms with Crippen LogP contribution in [0.5, 0.6) is 0 Å². The smallest absolute Gasteiger partial charge is 0.163 e. The highest BCUT2D eigenvalue weighted by molar-refractivity contribution is 5.96. The molecule has 0 radical (unpaired) electrons. The fraction of sp³-hybridized carbons (Fsp3) is 0.188. The maximum Gasteiger partial charge on any atom is 0.163 e. The summed E-state index contributed by atoms with van der Waals surface area (Å²) < 4.78 is 13.2. The maximum atomic E-state index is 13.2. The molecule has 0 unspecified atom stereocenters. The summed E-state index contributed by atoms with van der Waals surface area (Å²) >= 11 is 0. The fourth-order valence-corrected chi connectivity index (χ4v) is 1.98. The molecular formula is C16H15FO. The average Bonchev–Trinajstić information content (AvgIpc) is 2.36. The largest absolute Gasteiger partial charge is 0.294 e. The van der Waals surface area contributed by atoms with E-state index < -0.39 is 0 Å². The van der Waals surface area contributed by atoms with Gasteiger partial charge in [0.1, 0.15) is 5.82 Å². The number of carbonyl (C=O) groups excluding carboxylic acids is 1. The average molecular weight is 242 g/mol. The van der Waals surface area contributed by atoms with Crippen LogP contribution in [0, 0.1) is 12.7 Å². The van der Waals surface area contributed by atoms with Gasteiger partial charge in [0.15, 0.2) is 5.78 Å². The third kappa shape index (κ3) is 3.27. The van der Waals surface area contributed by atoms with Crippen LogP contribution in [0.3, 0.4) is 0 Å². The van der Waals surface area contributed by atoms with Crippen LogP contribution in [0.1, 0.15) is 27.9 Å². The number of aryl methyl sites for hydroxylation is 2. The van der Waals surface area contributed by atoms with Crippen LogP contribution in [0.15, 0.2) is 48.5 Å². The Morgan fingerprint density at radius 1 is 1.11 bits per heavy atom. The lowest BCUT2D eigenvalue weighted by Gasteiger charge is -2.03. The van der Waals surface area contributed by atoms with E-state index in [4.69, 9.17) is 0 Å². The first-order valence-corrected chi connectivity index (χ1v) is 5.99. The zero-order valence-corrected chi connectivity index (χ0v) is 10.3. The van der Waals surface area contributed by atoms with Crippen molar-refractivity contribution in [2.45, 2.75) is 19.8 Å². The van der Waals surface area contributed by atoms with Crippen LogP contribution in [-0.2, 0) is 6.42 Å². The quantitative estimate of drug-likeness (QED) is 0.742. The Morgan fingerprint density at radius 2 is 1.83 bits per heavy atom. The molecule has 0 aliphatic heterocycles. The van der Waals surface area contributed by atoms with Crippen LogP contribution in [0.25, 0.3) is 0 Å². The van der Waals surface area contributed by atoms with Crippen LogP contribution >= 0.6 is 0 Å². The van der Waals surface area contributed by atoms with Crippen LogP contribution < -0.4 is 0 Å². The van der Waals surface area contributed by atoms with E-state index in [0.717, 1.165) is 11.1 Å². The van der Waals surface area contributed by atoms with Gasteiger partial charge in [-0.2, -0.15) is 0 Å². The number of rotatable bonds is 4. The van der Waals surface area contributed by atoms with Gasteiger partial charge in [0.2, 0.25) is 0 Å². The topological polar surface area (TPSA) is 17.1 Å². The van der Waals surface area contributed by atoms with E-state index in [1.807, 2.05) is 31.2 Å². The molecule has 18 heavy (non-hydrogen) atoms. The van der Waals surface area contributed by atoms with Gasteiger partial charge in [-0.25, -0.2) is 4.39 Å². The molecule has 0 amide bonds. The SMILES string of the molecule is Cc1cc(F)cc(CCC(=O)c2ccccc2)c1. The third-order valence-corrected chi connectivity index (χ3v) is 2.84. The second kappa shape index (κ2) is 5.58. The van der Waals surface area contributed by atoms with Crippen molar-refractivity contribution >= 4 is 5.78 Å². The predicted molar refractivity (Wildman–Crippen MR) is 70.2 cm³/mol. The van der Waals surface area contributed by atoms with E-state index in [1.54, 1.807) is 12.1 Å². The van der Waals surface area contributed by atoms with Crippen molar-refractivity contribution in [2.75, 3.05) is 0 Å². The Hall–Kier alpha value is -1.96. The highest BCUT2D eigenvalue weighted by Gasteiger charge is 2.06. The van der Waals surface area contributed by atoms with Crippen molar-refractivity contribution < 1.29 is 9.18 Å². The normalized spacial score (nSPS) is 10.3. The van der Waals surface area contributed by atoms with Gasteiger partial charge in [-0.15, -0.1) is 0 Å². The number of halogens is 1. The lowest BCUT2D eigenvalue weighted by Crippen LogP contribution is -2.01. The first-order chi connectivity index (χ1) is 8.65. The Morgan fingerprint density at radius 3 is 2.50 bits per heavy atom. The van der Waals surface area contributed by atoms with Crippen LogP contribution in [0.4, 0.5) is 4.39 Å². The summed E-state index contributed by atoms with van der Waals surface area (Å²) in [4.78, 5) is 11.9. The van der Waals surface area contributed by atoms with Crippen molar-refractivity contribution in [1.82, 2.24) is 0 Å². The number of benzene rings is 2. The monoisotopic (exact) mass is 242 g/mol. The summed E-state index contributed by atoms with van der Waals surface area (Å²) in [6, 6.07) is 14.1. The van der Waals surface area contributed by atoms with E-state index in [0.29, 0.717) is 18.4 Å². The summed E-state index contributed by atoms with van der Waals surface area (Å²) in [7, 11) is 0. The van der Waals surface area contributed by atoms with Crippen molar-refractivity contribution in [3.05, 3.63) is 71.0 Å². The molecule has 0 aromatic heterocycles. The second-order valence-corrected chi connectivity index (χ2v) is 4.43. The van der Waals surface area contributed by atoms with Gasteiger partial charge in [-0.05, 0) is 36.6 Å². The Labute approximate surface area is 106 Å². The molecule has 0 saturated carbocycles. The molecule has 0 atom stereocenters. The number of ketones is 1. The highest BCUT2D eigenvalue weighted by Crippen LogP contribution is 2.12. The third-order valence-electron chi connectivity index (χ3n) is 2.84. The Bertz CT molecular complexity index is 526. The van der Waals surface area contributed by atoms with E-state index in [2.05, 4.69) is 0 Å². The molecule has 0 aliphatic rings. The number of hydrogen-bond acceptors (Lipinski definition) is 1. The fourth-order valence-electron chi connectivity index (χ4n) is 1.98. The molecule has 0 heterocycles. The minimum Gasteiger partial charge on any atom is -0.294 e. The van der Waals surface area contributed by atoms with E-state index >= 15 is 0 Å². The molecule has 0 aliphatic carbocycles. The van der Waals surface area contributed by atoms with E-state index in [-0.39, 0.29) is 11.6 Å². The Balaban J connectivity index is 2.02. The first-order valence-electron chi connectivity index (χ1n) is 5.99. The number of Topliss-reactive ketones (excluding diaryl/α,β-unsaturated/α-hetero) is 1. The van der Waals surface area contributed by atoms with E-state index in [9.17, 15) is 9.18 Å². The minimum atomic E-state index is -0.239. The lowest BCUT2D eigenvalue weighted by molar-refractivity contribution is 0.0983. The molecule has 0 spiro atoms. The lowest BCUT2D eigenvalue weighted by atomic mass is 10.0. The van der Waals surface area contributed by atoms with Gasteiger partial charge >= 0.3 is 0 Å². The zero-order valence-electron chi connectivity index (χ0n) is 10.3. The van der Waals surface area contributed by atoms with Gasteiger partial charge < -0.3 is 0 Å². The van der Waals surface area contributed by atoms with Crippen molar-refractivity contribution in [3.8, 4) is 0 Å². The molecule has 2 heteroatoms. The van der Waals surface area contributed by atoms with Crippen molar-refractivity contribution in [3.63, 3.8) is 0 Å². The molecule has 2 aromatic rings. The molecule has 0 fully saturated rings. The molecule has 1 nitrogen and oxygen atoms in total. The predicted octanol–water partition coefficient (Wildman–Crippen LogP) is 3.95. The second-order valence-electron chi connectivity index (χ2n) is 4.43. The van der Waals surface area contributed by atoms with Crippen LogP contribution in [0.2, 0.25) is 0 Å². The van der Waals surface area contributed by atoms with Gasteiger partial charge in [0.05, 0.1) is 0 Å². The standard InChI is InChI=1S/C16H15FO/c1-12-9-13(11-15(17)10-12)7-8-16(18)14-5-3-2-4-6-14/h2-6,9-11H,7-8H2,1H3. The van der Waals surface area contributed by atoms with Crippen molar-refractivity contribution in [2.24, 2.45) is 0 Å². The molecule has 0 saturated heterocycles. The molecule has 0 bridgehead atoms.